The second kappa shape index (κ2) is 6.77. The molecule has 0 unspecified atom stereocenters. The zero-order valence-corrected chi connectivity index (χ0v) is 17.8. The van der Waals surface area contributed by atoms with Gasteiger partial charge >= 0.3 is 0 Å². The maximum absolute atomic E-state index is 10.2. The SMILES string of the molecule is CC1(C)CC(c2ccccc2N2CCN(CC3(O)CC3)CC2)CC(C)(C)C1. The van der Waals surface area contributed by atoms with Crippen molar-refractivity contribution < 1.29 is 5.11 Å². The maximum Gasteiger partial charge on any atom is 0.0776 e. The quantitative estimate of drug-likeness (QED) is 0.835. The molecule has 0 amide bonds. The molecular weight excluding hydrogens is 332 g/mol. The first kappa shape index (κ1) is 19.3. The Kier molecular flexibility index (Phi) is 4.83. The molecule has 3 heteroatoms. The number of para-hydroxylation sites is 1. The molecule has 1 saturated heterocycles. The Morgan fingerprint density at radius 1 is 0.926 bits per heavy atom. The summed E-state index contributed by atoms with van der Waals surface area (Å²) in [5.74, 6) is 0.658. The van der Waals surface area contributed by atoms with Gasteiger partial charge in [-0.3, -0.25) is 4.90 Å². The van der Waals surface area contributed by atoms with Crippen molar-refractivity contribution in [2.45, 2.75) is 71.3 Å². The van der Waals surface area contributed by atoms with Crippen LogP contribution in [0.1, 0.15) is 71.3 Å². The first-order valence-corrected chi connectivity index (χ1v) is 10.9. The van der Waals surface area contributed by atoms with E-state index in [0.29, 0.717) is 16.7 Å². The molecule has 4 rings (SSSR count). The second-order valence-electron chi connectivity index (χ2n) is 11.2. The van der Waals surface area contributed by atoms with Crippen molar-refractivity contribution in [3.63, 3.8) is 0 Å². The summed E-state index contributed by atoms with van der Waals surface area (Å²) in [6.45, 7) is 15.0. The van der Waals surface area contributed by atoms with E-state index < -0.39 is 0 Å². The van der Waals surface area contributed by atoms with Crippen LogP contribution >= 0.6 is 0 Å². The Labute approximate surface area is 165 Å². The average Bonchev–Trinajstić information content (AvgIpc) is 3.30. The summed E-state index contributed by atoms with van der Waals surface area (Å²) < 4.78 is 0. The minimum Gasteiger partial charge on any atom is -0.389 e. The van der Waals surface area contributed by atoms with Gasteiger partial charge in [-0.2, -0.15) is 0 Å². The van der Waals surface area contributed by atoms with Gasteiger partial charge in [0.1, 0.15) is 0 Å². The molecular formula is C24H38N2O. The zero-order chi connectivity index (χ0) is 19.3. The second-order valence-corrected chi connectivity index (χ2v) is 11.2. The third-order valence-electron chi connectivity index (χ3n) is 6.99. The molecule has 1 N–H and O–H groups in total. The lowest BCUT2D eigenvalue weighted by Crippen LogP contribution is -2.49. The molecule has 1 aromatic carbocycles. The molecule has 0 aromatic heterocycles. The lowest BCUT2D eigenvalue weighted by molar-refractivity contribution is 0.0886. The van der Waals surface area contributed by atoms with Crippen LogP contribution in [-0.4, -0.2) is 48.3 Å². The van der Waals surface area contributed by atoms with Crippen LogP contribution in [0.2, 0.25) is 0 Å². The van der Waals surface area contributed by atoms with Crippen LogP contribution in [0.4, 0.5) is 5.69 Å². The van der Waals surface area contributed by atoms with Gasteiger partial charge in [0, 0.05) is 38.4 Å². The molecule has 1 aromatic rings. The van der Waals surface area contributed by atoms with Crippen molar-refractivity contribution in [2.24, 2.45) is 10.8 Å². The first-order chi connectivity index (χ1) is 12.6. The van der Waals surface area contributed by atoms with Gasteiger partial charge in [-0.15, -0.1) is 0 Å². The molecule has 3 aliphatic rings. The Morgan fingerprint density at radius 3 is 2.11 bits per heavy atom. The molecule has 2 saturated carbocycles. The van der Waals surface area contributed by atoms with Gasteiger partial charge in [0.15, 0.2) is 0 Å². The van der Waals surface area contributed by atoms with E-state index in [-0.39, 0.29) is 5.60 Å². The van der Waals surface area contributed by atoms with Crippen LogP contribution in [0.25, 0.3) is 0 Å². The normalized spacial score (nSPS) is 27.5. The molecule has 0 atom stereocenters. The summed E-state index contributed by atoms with van der Waals surface area (Å²) in [5.41, 5.74) is 3.49. The summed E-state index contributed by atoms with van der Waals surface area (Å²) >= 11 is 0. The van der Waals surface area contributed by atoms with E-state index >= 15 is 0 Å². The Bertz CT molecular complexity index is 653. The fourth-order valence-electron chi connectivity index (χ4n) is 6.05. The summed E-state index contributed by atoms with van der Waals surface area (Å²) in [6, 6.07) is 9.16. The summed E-state index contributed by atoms with van der Waals surface area (Å²) in [6.07, 6.45) is 5.88. The van der Waals surface area contributed by atoms with Gasteiger partial charge in [0.2, 0.25) is 0 Å². The van der Waals surface area contributed by atoms with Crippen LogP contribution in [0.5, 0.6) is 0 Å². The molecule has 1 aliphatic heterocycles. The number of β-amino-alcohol motifs (C(OH)–C–C–N with tert-alkyl or cyclic N) is 1. The number of hydrogen-bond donors (Lipinski definition) is 1. The molecule has 0 radical (unpaired) electrons. The smallest absolute Gasteiger partial charge is 0.0776 e. The Hall–Kier alpha value is -1.06. The minimum atomic E-state index is -0.362. The van der Waals surface area contributed by atoms with Crippen molar-refractivity contribution in [2.75, 3.05) is 37.6 Å². The summed E-state index contributed by atoms with van der Waals surface area (Å²) in [4.78, 5) is 5.05. The van der Waals surface area contributed by atoms with Gasteiger partial charge in [0.05, 0.1) is 5.60 Å². The van der Waals surface area contributed by atoms with E-state index in [1.54, 1.807) is 5.56 Å². The molecule has 0 spiro atoms. The number of piperazine rings is 1. The van der Waals surface area contributed by atoms with Crippen LogP contribution in [0.3, 0.4) is 0 Å². The zero-order valence-electron chi connectivity index (χ0n) is 17.8. The number of nitrogens with zero attached hydrogens (tertiary/aromatic N) is 2. The molecule has 0 bridgehead atoms. The van der Waals surface area contributed by atoms with Gasteiger partial charge in [-0.1, -0.05) is 45.9 Å². The lowest BCUT2D eigenvalue weighted by Gasteiger charge is -2.46. The number of benzene rings is 1. The minimum absolute atomic E-state index is 0.362. The van der Waals surface area contributed by atoms with E-state index in [0.717, 1.165) is 45.6 Å². The summed E-state index contributed by atoms with van der Waals surface area (Å²) in [5, 5.41) is 10.2. The van der Waals surface area contributed by atoms with Crippen molar-refractivity contribution >= 4 is 5.69 Å². The Balaban J connectivity index is 1.48. The van der Waals surface area contributed by atoms with E-state index in [1.165, 1.54) is 24.9 Å². The summed E-state index contributed by atoms with van der Waals surface area (Å²) in [7, 11) is 0. The predicted octanol–water partition coefficient (Wildman–Crippen LogP) is 4.65. The largest absolute Gasteiger partial charge is 0.389 e. The van der Waals surface area contributed by atoms with E-state index in [1.807, 2.05) is 0 Å². The van der Waals surface area contributed by atoms with Crippen molar-refractivity contribution in [3.8, 4) is 0 Å². The highest BCUT2D eigenvalue weighted by Gasteiger charge is 2.42. The maximum atomic E-state index is 10.2. The van der Waals surface area contributed by atoms with Gasteiger partial charge in [0.25, 0.3) is 0 Å². The van der Waals surface area contributed by atoms with Crippen LogP contribution in [-0.2, 0) is 0 Å². The molecule has 2 aliphatic carbocycles. The Morgan fingerprint density at radius 2 is 1.52 bits per heavy atom. The van der Waals surface area contributed by atoms with Crippen LogP contribution in [0, 0.1) is 10.8 Å². The number of aliphatic hydroxyl groups is 1. The highest BCUT2D eigenvalue weighted by atomic mass is 16.3. The number of anilines is 1. The number of hydrogen-bond acceptors (Lipinski definition) is 3. The van der Waals surface area contributed by atoms with E-state index in [4.69, 9.17) is 0 Å². The van der Waals surface area contributed by atoms with E-state index in [2.05, 4.69) is 61.8 Å². The molecule has 1 heterocycles. The van der Waals surface area contributed by atoms with Gasteiger partial charge in [-0.25, -0.2) is 0 Å². The topological polar surface area (TPSA) is 26.7 Å². The predicted molar refractivity (Wildman–Crippen MR) is 113 cm³/mol. The fraction of sp³-hybridized carbons (Fsp3) is 0.750. The molecule has 3 fully saturated rings. The van der Waals surface area contributed by atoms with Gasteiger partial charge in [-0.05, 0) is 60.5 Å². The third kappa shape index (κ3) is 4.51. The van der Waals surface area contributed by atoms with Crippen LogP contribution < -0.4 is 4.90 Å². The highest BCUT2D eigenvalue weighted by molar-refractivity contribution is 5.56. The van der Waals surface area contributed by atoms with E-state index in [9.17, 15) is 5.11 Å². The lowest BCUT2D eigenvalue weighted by atomic mass is 9.60. The highest BCUT2D eigenvalue weighted by Crippen LogP contribution is 2.53. The average molecular weight is 371 g/mol. The molecule has 150 valence electrons. The van der Waals surface area contributed by atoms with Crippen LogP contribution in [0.15, 0.2) is 24.3 Å². The molecule has 3 nitrogen and oxygen atoms in total. The van der Waals surface area contributed by atoms with Gasteiger partial charge < -0.3 is 10.0 Å². The molecule has 27 heavy (non-hydrogen) atoms. The van der Waals surface area contributed by atoms with Crippen molar-refractivity contribution in [1.29, 1.82) is 0 Å². The monoisotopic (exact) mass is 370 g/mol. The van der Waals surface area contributed by atoms with Crippen molar-refractivity contribution in [1.82, 2.24) is 4.90 Å². The third-order valence-corrected chi connectivity index (χ3v) is 6.99. The number of rotatable bonds is 4. The fourth-order valence-corrected chi connectivity index (χ4v) is 6.05. The first-order valence-electron chi connectivity index (χ1n) is 10.9. The standard InChI is InChI=1S/C24H38N2O/c1-22(2)15-19(16-23(3,4)17-22)20-7-5-6-8-21(20)26-13-11-25(12-14-26)18-24(27)9-10-24/h5-8,19,27H,9-18H2,1-4H3. The van der Waals surface area contributed by atoms with Crippen molar-refractivity contribution in [3.05, 3.63) is 29.8 Å².